The molecule has 128 valence electrons. The van der Waals surface area contributed by atoms with Gasteiger partial charge in [0, 0.05) is 25.1 Å². The predicted molar refractivity (Wildman–Crippen MR) is 97.3 cm³/mol. The number of benzene rings is 1. The Morgan fingerprint density at radius 2 is 2.04 bits per heavy atom. The first-order valence-electron chi connectivity index (χ1n) is 8.54. The number of pyridine rings is 1. The summed E-state index contributed by atoms with van der Waals surface area (Å²) in [5.41, 5.74) is 2.04. The number of amides is 1. The molecule has 5 nitrogen and oxygen atoms in total. The van der Waals surface area contributed by atoms with Crippen molar-refractivity contribution in [3.05, 3.63) is 78.5 Å². The molecule has 0 bridgehead atoms. The molecular weight excluding hydrogens is 312 g/mol. The van der Waals surface area contributed by atoms with Crippen LogP contribution in [0.1, 0.15) is 36.8 Å². The number of imidazole rings is 1. The van der Waals surface area contributed by atoms with Crippen LogP contribution in [0.3, 0.4) is 0 Å². The third-order valence-corrected chi connectivity index (χ3v) is 4.14. The van der Waals surface area contributed by atoms with Gasteiger partial charge in [-0.05, 0) is 23.6 Å². The Morgan fingerprint density at radius 1 is 1.20 bits per heavy atom. The average molecular weight is 334 g/mol. The Morgan fingerprint density at radius 3 is 2.68 bits per heavy atom. The highest BCUT2D eigenvalue weighted by molar-refractivity contribution is 5.83. The van der Waals surface area contributed by atoms with Crippen LogP contribution in [0.5, 0.6) is 0 Å². The molecule has 2 heterocycles. The number of carbonyl (C=O) groups excluding carboxylic acids is 1. The molecular formula is C20H22N4O. The molecule has 0 saturated carbocycles. The highest BCUT2D eigenvalue weighted by Gasteiger charge is 2.19. The standard InChI is InChI=1S/C20H22N4O/c1-2-6-18(17-7-4-3-5-8-17)20(25)23-14-16-9-10-19(22-13-16)24-12-11-21-15-24/h3-5,7-13,15,18H,2,6,14H2,1H3,(H,23,25). The van der Waals surface area contributed by atoms with Crippen LogP contribution in [-0.4, -0.2) is 20.4 Å². The number of hydrogen-bond acceptors (Lipinski definition) is 3. The number of rotatable bonds is 7. The van der Waals surface area contributed by atoms with E-state index >= 15 is 0 Å². The molecule has 25 heavy (non-hydrogen) atoms. The molecule has 0 fully saturated rings. The van der Waals surface area contributed by atoms with Crippen molar-refractivity contribution in [3.8, 4) is 5.82 Å². The van der Waals surface area contributed by atoms with Crippen molar-refractivity contribution in [3.63, 3.8) is 0 Å². The van der Waals surface area contributed by atoms with E-state index in [1.807, 2.05) is 53.2 Å². The molecule has 3 rings (SSSR count). The lowest BCUT2D eigenvalue weighted by Crippen LogP contribution is -2.29. The SMILES string of the molecule is CCCC(C(=O)NCc1ccc(-n2ccnc2)nc1)c1ccccc1. The minimum Gasteiger partial charge on any atom is -0.351 e. The van der Waals surface area contributed by atoms with Crippen molar-refractivity contribution in [1.29, 1.82) is 0 Å². The summed E-state index contributed by atoms with van der Waals surface area (Å²) in [4.78, 5) is 21.0. The van der Waals surface area contributed by atoms with Gasteiger partial charge in [0.05, 0.1) is 5.92 Å². The molecule has 1 N–H and O–H groups in total. The Balaban J connectivity index is 1.62. The molecule has 1 unspecified atom stereocenters. The molecule has 0 aliphatic rings. The van der Waals surface area contributed by atoms with E-state index in [1.54, 1.807) is 18.7 Å². The summed E-state index contributed by atoms with van der Waals surface area (Å²) >= 11 is 0. The van der Waals surface area contributed by atoms with Gasteiger partial charge in [0.1, 0.15) is 12.1 Å². The van der Waals surface area contributed by atoms with E-state index in [0.717, 1.165) is 29.8 Å². The van der Waals surface area contributed by atoms with Gasteiger partial charge in [-0.2, -0.15) is 0 Å². The van der Waals surface area contributed by atoms with Gasteiger partial charge < -0.3 is 5.32 Å². The van der Waals surface area contributed by atoms with Crippen LogP contribution in [0, 0.1) is 0 Å². The molecule has 0 saturated heterocycles. The number of nitrogens with zero attached hydrogens (tertiary/aromatic N) is 3. The predicted octanol–water partition coefficient (Wildman–Crippen LogP) is 3.47. The van der Waals surface area contributed by atoms with Crippen molar-refractivity contribution in [2.45, 2.75) is 32.2 Å². The van der Waals surface area contributed by atoms with Crippen LogP contribution < -0.4 is 5.32 Å². The van der Waals surface area contributed by atoms with Crippen LogP contribution in [-0.2, 0) is 11.3 Å². The summed E-state index contributed by atoms with van der Waals surface area (Å²) in [6.07, 6.45) is 8.86. The molecule has 5 heteroatoms. The monoisotopic (exact) mass is 334 g/mol. The van der Waals surface area contributed by atoms with Gasteiger partial charge in [0.2, 0.25) is 5.91 Å². The number of aromatic nitrogens is 3. The normalized spacial score (nSPS) is 11.9. The van der Waals surface area contributed by atoms with E-state index in [0.29, 0.717) is 6.54 Å². The zero-order valence-corrected chi connectivity index (χ0v) is 14.3. The fraction of sp³-hybridized carbons (Fsp3) is 0.250. The van der Waals surface area contributed by atoms with Gasteiger partial charge in [0.25, 0.3) is 0 Å². The smallest absolute Gasteiger partial charge is 0.227 e. The summed E-state index contributed by atoms with van der Waals surface area (Å²) in [6, 6.07) is 13.8. The van der Waals surface area contributed by atoms with Crippen LogP contribution in [0.2, 0.25) is 0 Å². The Labute approximate surface area is 147 Å². The van der Waals surface area contributed by atoms with Crippen molar-refractivity contribution in [1.82, 2.24) is 19.9 Å². The fourth-order valence-corrected chi connectivity index (χ4v) is 2.80. The van der Waals surface area contributed by atoms with E-state index in [2.05, 4.69) is 22.2 Å². The lowest BCUT2D eigenvalue weighted by atomic mass is 9.93. The molecule has 0 radical (unpaired) electrons. The van der Waals surface area contributed by atoms with Crippen molar-refractivity contribution in [2.24, 2.45) is 0 Å². The van der Waals surface area contributed by atoms with Crippen LogP contribution in [0.15, 0.2) is 67.4 Å². The van der Waals surface area contributed by atoms with Crippen LogP contribution in [0.4, 0.5) is 0 Å². The first-order valence-corrected chi connectivity index (χ1v) is 8.54. The van der Waals surface area contributed by atoms with E-state index in [1.165, 1.54) is 0 Å². The fourth-order valence-electron chi connectivity index (χ4n) is 2.80. The van der Waals surface area contributed by atoms with Gasteiger partial charge >= 0.3 is 0 Å². The molecule has 0 aliphatic carbocycles. The number of carbonyl (C=O) groups is 1. The van der Waals surface area contributed by atoms with E-state index in [4.69, 9.17) is 0 Å². The lowest BCUT2D eigenvalue weighted by molar-refractivity contribution is -0.122. The van der Waals surface area contributed by atoms with Crippen molar-refractivity contribution >= 4 is 5.91 Å². The van der Waals surface area contributed by atoms with Gasteiger partial charge in [-0.1, -0.05) is 49.7 Å². The summed E-state index contributed by atoms with van der Waals surface area (Å²) in [5.74, 6) is 0.761. The third kappa shape index (κ3) is 4.32. The second kappa shape index (κ2) is 8.24. The summed E-state index contributed by atoms with van der Waals surface area (Å²) in [6.45, 7) is 2.57. The maximum absolute atomic E-state index is 12.6. The van der Waals surface area contributed by atoms with E-state index in [9.17, 15) is 4.79 Å². The lowest BCUT2D eigenvalue weighted by Gasteiger charge is -2.16. The maximum Gasteiger partial charge on any atom is 0.227 e. The highest BCUT2D eigenvalue weighted by atomic mass is 16.1. The largest absolute Gasteiger partial charge is 0.351 e. The second-order valence-corrected chi connectivity index (χ2v) is 5.96. The molecule has 3 aromatic rings. The number of nitrogens with one attached hydrogen (secondary N) is 1. The van der Waals surface area contributed by atoms with Gasteiger partial charge in [0.15, 0.2) is 0 Å². The summed E-state index contributed by atoms with van der Waals surface area (Å²) in [7, 11) is 0. The molecule has 1 aromatic carbocycles. The molecule has 1 amide bonds. The zero-order chi connectivity index (χ0) is 17.5. The van der Waals surface area contributed by atoms with Crippen molar-refractivity contribution < 1.29 is 4.79 Å². The zero-order valence-electron chi connectivity index (χ0n) is 14.3. The van der Waals surface area contributed by atoms with E-state index in [-0.39, 0.29) is 11.8 Å². The third-order valence-electron chi connectivity index (χ3n) is 4.14. The maximum atomic E-state index is 12.6. The van der Waals surface area contributed by atoms with Gasteiger partial charge in [-0.25, -0.2) is 9.97 Å². The minimum absolute atomic E-state index is 0.0618. The van der Waals surface area contributed by atoms with Gasteiger partial charge in [-0.3, -0.25) is 9.36 Å². The average Bonchev–Trinajstić information content (AvgIpc) is 3.20. The van der Waals surface area contributed by atoms with Crippen molar-refractivity contribution in [2.75, 3.05) is 0 Å². The molecule has 2 aromatic heterocycles. The first-order chi connectivity index (χ1) is 12.3. The Hall–Kier alpha value is -2.95. The molecule has 1 atom stereocenters. The van der Waals surface area contributed by atoms with E-state index < -0.39 is 0 Å². The quantitative estimate of drug-likeness (QED) is 0.720. The second-order valence-electron chi connectivity index (χ2n) is 5.96. The Bertz CT molecular complexity index is 782. The van der Waals surface area contributed by atoms with Crippen LogP contribution >= 0.6 is 0 Å². The van der Waals surface area contributed by atoms with Gasteiger partial charge in [-0.15, -0.1) is 0 Å². The summed E-state index contributed by atoms with van der Waals surface area (Å²) < 4.78 is 1.84. The highest BCUT2D eigenvalue weighted by Crippen LogP contribution is 2.21. The molecule has 0 spiro atoms. The Kier molecular flexibility index (Phi) is 5.57. The number of hydrogen-bond donors (Lipinski definition) is 1. The summed E-state index contributed by atoms with van der Waals surface area (Å²) in [5, 5.41) is 3.04. The first kappa shape index (κ1) is 16.9. The molecule has 0 aliphatic heterocycles. The topological polar surface area (TPSA) is 59.8 Å². The van der Waals surface area contributed by atoms with Crippen LogP contribution in [0.25, 0.3) is 5.82 Å². The minimum atomic E-state index is -0.107.